The highest BCUT2D eigenvalue weighted by Crippen LogP contribution is 2.20. The van der Waals surface area contributed by atoms with Crippen molar-refractivity contribution in [3.8, 4) is 0 Å². The largest absolute Gasteiger partial charge is 0.352 e. The van der Waals surface area contributed by atoms with Crippen LogP contribution in [-0.4, -0.2) is 40.8 Å². The Hall–Kier alpha value is -2.43. The molecule has 0 spiro atoms. The van der Waals surface area contributed by atoms with E-state index >= 15 is 0 Å². The fourth-order valence-electron chi connectivity index (χ4n) is 3.02. The zero-order valence-electron chi connectivity index (χ0n) is 12.6. The Morgan fingerprint density at radius 2 is 2.09 bits per heavy atom. The molecule has 0 saturated carbocycles. The van der Waals surface area contributed by atoms with Gasteiger partial charge >= 0.3 is 0 Å². The number of para-hydroxylation sites is 1. The quantitative estimate of drug-likeness (QED) is 0.922. The van der Waals surface area contributed by atoms with Gasteiger partial charge in [-0.1, -0.05) is 18.2 Å². The molecule has 1 aromatic heterocycles. The first-order valence-corrected chi connectivity index (χ1v) is 7.55. The number of pyridine rings is 1. The van der Waals surface area contributed by atoms with Crippen molar-refractivity contribution in [1.29, 1.82) is 0 Å². The number of nitrogens with one attached hydrogen (secondary N) is 1. The normalized spacial score (nSPS) is 18.2. The molecule has 2 aromatic rings. The van der Waals surface area contributed by atoms with Crippen LogP contribution in [0.5, 0.6) is 0 Å². The fraction of sp³-hybridized carbons (Fsp3) is 0.353. The van der Waals surface area contributed by atoms with Gasteiger partial charge in [-0.05, 0) is 25.0 Å². The molecule has 1 atom stereocenters. The van der Waals surface area contributed by atoms with E-state index < -0.39 is 0 Å². The van der Waals surface area contributed by atoms with Crippen LogP contribution in [0, 0.1) is 0 Å². The Morgan fingerprint density at radius 1 is 1.27 bits per heavy atom. The number of nitrogens with zero attached hydrogens (tertiary/aromatic N) is 2. The molecular formula is C17H19N3O2. The Balaban J connectivity index is 1.84. The average Bonchev–Trinajstić information content (AvgIpc) is 2.53. The van der Waals surface area contributed by atoms with Gasteiger partial charge in [0.1, 0.15) is 0 Å². The van der Waals surface area contributed by atoms with E-state index in [1.807, 2.05) is 29.2 Å². The fourth-order valence-corrected chi connectivity index (χ4v) is 3.02. The molecule has 5 heteroatoms. The summed E-state index contributed by atoms with van der Waals surface area (Å²) < 4.78 is 0. The van der Waals surface area contributed by atoms with Crippen molar-refractivity contribution in [2.24, 2.45) is 0 Å². The van der Waals surface area contributed by atoms with Crippen molar-refractivity contribution in [2.45, 2.75) is 25.8 Å². The van der Waals surface area contributed by atoms with Crippen LogP contribution < -0.4 is 5.32 Å². The topological polar surface area (TPSA) is 62.3 Å². The molecule has 2 amide bonds. The van der Waals surface area contributed by atoms with Crippen molar-refractivity contribution in [1.82, 2.24) is 15.2 Å². The van der Waals surface area contributed by atoms with Crippen LogP contribution in [0.15, 0.2) is 36.5 Å². The average molecular weight is 297 g/mol. The number of likely N-dealkylation sites (tertiary alicyclic amines) is 1. The summed E-state index contributed by atoms with van der Waals surface area (Å²) in [5.41, 5.74) is 1.50. The van der Waals surface area contributed by atoms with E-state index in [0.29, 0.717) is 12.1 Å². The lowest BCUT2D eigenvalue weighted by Crippen LogP contribution is -2.49. The molecule has 1 N–H and O–H groups in total. The van der Waals surface area contributed by atoms with Gasteiger partial charge in [-0.2, -0.15) is 0 Å². The molecule has 0 radical (unpaired) electrons. The van der Waals surface area contributed by atoms with E-state index in [1.54, 1.807) is 12.3 Å². The number of carbonyl (C=O) groups excluding carboxylic acids is 2. The first-order chi connectivity index (χ1) is 10.6. The summed E-state index contributed by atoms with van der Waals surface area (Å²) in [5.74, 6) is -0.0395. The number of hydrogen-bond donors (Lipinski definition) is 1. The van der Waals surface area contributed by atoms with E-state index in [4.69, 9.17) is 0 Å². The van der Waals surface area contributed by atoms with Crippen LogP contribution in [0.3, 0.4) is 0 Å². The number of benzene rings is 1. The van der Waals surface area contributed by atoms with Gasteiger partial charge in [0.15, 0.2) is 0 Å². The summed E-state index contributed by atoms with van der Waals surface area (Å²) in [6, 6.07) is 9.47. The van der Waals surface area contributed by atoms with Gasteiger partial charge in [-0.25, -0.2) is 0 Å². The van der Waals surface area contributed by atoms with Gasteiger partial charge in [0.05, 0.1) is 11.1 Å². The Morgan fingerprint density at radius 3 is 2.91 bits per heavy atom. The molecule has 22 heavy (non-hydrogen) atoms. The minimum absolute atomic E-state index is 0.00801. The van der Waals surface area contributed by atoms with E-state index in [0.717, 1.165) is 30.3 Å². The number of aromatic nitrogens is 1. The number of amides is 2. The summed E-state index contributed by atoms with van der Waals surface area (Å²) in [6.45, 7) is 2.80. The van der Waals surface area contributed by atoms with Gasteiger partial charge in [-0.15, -0.1) is 0 Å². The molecule has 2 heterocycles. The zero-order chi connectivity index (χ0) is 15.5. The maximum atomic E-state index is 12.8. The Labute approximate surface area is 129 Å². The van der Waals surface area contributed by atoms with E-state index in [2.05, 4.69) is 10.3 Å². The summed E-state index contributed by atoms with van der Waals surface area (Å²) in [5, 5.41) is 3.78. The summed E-state index contributed by atoms with van der Waals surface area (Å²) in [7, 11) is 0. The number of piperidine rings is 1. The second-order valence-electron chi connectivity index (χ2n) is 5.67. The first kappa shape index (κ1) is 14.5. The second kappa shape index (κ2) is 6.13. The van der Waals surface area contributed by atoms with Crippen molar-refractivity contribution < 1.29 is 9.59 Å². The van der Waals surface area contributed by atoms with Crippen molar-refractivity contribution in [3.05, 3.63) is 42.1 Å². The molecule has 0 bridgehead atoms. The Bertz CT molecular complexity index is 709. The predicted octanol–water partition coefficient (Wildman–Crippen LogP) is 1.98. The summed E-state index contributed by atoms with van der Waals surface area (Å²) >= 11 is 0. The maximum Gasteiger partial charge on any atom is 0.254 e. The van der Waals surface area contributed by atoms with Crippen LogP contribution >= 0.6 is 0 Å². The van der Waals surface area contributed by atoms with Gasteiger partial charge < -0.3 is 10.2 Å². The van der Waals surface area contributed by atoms with Gasteiger partial charge in [0.25, 0.3) is 5.91 Å². The molecular weight excluding hydrogens is 278 g/mol. The molecule has 114 valence electrons. The maximum absolute atomic E-state index is 12.8. The van der Waals surface area contributed by atoms with E-state index in [1.165, 1.54) is 6.92 Å². The summed E-state index contributed by atoms with van der Waals surface area (Å²) in [4.78, 5) is 30.2. The van der Waals surface area contributed by atoms with Crippen LogP contribution in [0.1, 0.15) is 30.1 Å². The highest BCUT2D eigenvalue weighted by atomic mass is 16.2. The lowest BCUT2D eigenvalue weighted by Gasteiger charge is -2.33. The molecule has 1 aromatic carbocycles. The molecule has 5 nitrogen and oxygen atoms in total. The molecule has 0 aliphatic carbocycles. The minimum atomic E-state index is -0.0475. The number of rotatable bonds is 2. The van der Waals surface area contributed by atoms with E-state index in [9.17, 15) is 9.59 Å². The monoisotopic (exact) mass is 297 g/mol. The molecule has 1 fully saturated rings. The van der Waals surface area contributed by atoms with Crippen LogP contribution in [0.25, 0.3) is 10.9 Å². The van der Waals surface area contributed by atoms with Crippen LogP contribution in [0.4, 0.5) is 0 Å². The van der Waals surface area contributed by atoms with E-state index in [-0.39, 0.29) is 17.9 Å². The van der Waals surface area contributed by atoms with Crippen LogP contribution in [-0.2, 0) is 4.79 Å². The highest BCUT2D eigenvalue weighted by molar-refractivity contribution is 6.06. The van der Waals surface area contributed by atoms with Crippen molar-refractivity contribution in [2.75, 3.05) is 13.1 Å². The SMILES string of the molecule is CC(=O)N[C@H]1CCCN(C(=O)c2ccnc3ccccc23)C1. The smallest absolute Gasteiger partial charge is 0.254 e. The lowest BCUT2D eigenvalue weighted by molar-refractivity contribution is -0.120. The minimum Gasteiger partial charge on any atom is -0.352 e. The third-order valence-electron chi connectivity index (χ3n) is 4.00. The van der Waals surface area contributed by atoms with Crippen molar-refractivity contribution >= 4 is 22.7 Å². The first-order valence-electron chi connectivity index (χ1n) is 7.55. The van der Waals surface area contributed by atoms with Gasteiger partial charge in [0, 0.05) is 37.6 Å². The molecule has 1 saturated heterocycles. The third kappa shape index (κ3) is 2.93. The summed E-state index contributed by atoms with van der Waals surface area (Å²) in [6.07, 6.45) is 3.49. The predicted molar refractivity (Wildman–Crippen MR) is 84.5 cm³/mol. The van der Waals surface area contributed by atoms with Gasteiger partial charge in [0.2, 0.25) is 5.91 Å². The Kier molecular flexibility index (Phi) is 4.04. The highest BCUT2D eigenvalue weighted by Gasteiger charge is 2.25. The molecule has 3 rings (SSSR count). The number of fused-ring (bicyclic) bond motifs is 1. The van der Waals surface area contributed by atoms with Crippen molar-refractivity contribution in [3.63, 3.8) is 0 Å². The number of hydrogen-bond acceptors (Lipinski definition) is 3. The number of carbonyl (C=O) groups is 2. The molecule has 1 aliphatic rings. The lowest BCUT2D eigenvalue weighted by atomic mass is 10.0. The molecule has 0 unspecified atom stereocenters. The standard InChI is InChI=1S/C17H19N3O2/c1-12(21)19-13-5-4-10-20(11-13)17(22)15-8-9-18-16-7-3-2-6-14(15)16/h2-3,6-9,13H,4-5,10-11H2,1H3,(H,19,21)/t13-/m0/s1. The second-order valence-corrected chi connectivity index (χ2v) is 5.67. The third-order valence-corrected chi connectivity index (χ3v) is 4.00. The van der Waals surface area contributed by atoms with Gasteiger partial charge in [-0.3, -0.25) is 14.6 Å². The zero-order valence-corrected chi connectivity index (χ0v) is 12.6. The molecule has 1 aliphatic heterocycles. The van der Waals surface area contributed by atoms with Crippen LogP contribution in [0.2, 0.25) is 0 Å².